The smallest absolute Gasteiger partial charge is 0.221 e. The number of aromatic nitrogens is 1. The third kappa shape index (κ3) is 2.55. The quantitative estimate of drug-likeness (QED) is 0.900. The standard InChI is InChI=1S/C13H10FN3O/c1-16-12-3-2-4-13(17-12)18-11-6-5-9(8-15)7-10(11)14/h2-7H,1H3,(H,16,17). The highest BCUT2D eigenvalue weighted by atomic mass is 19.1. The number of benzene rings is 1. The van der Waals surface area contributed by atoms with E-state index in [1.807, 2.05) is 6.07 Å². The average Bonchev–Trinajstić information content (AvgIpc) is 2.41. The molecule has 0 fully saturated rings. The fourth-order valence-electron chi connectivity index (χ4n) is 1.38. The van der Waals surface area contributed by atoms with E-state index >= 15 is 0 Å². The van der Waals surface area contributed by atoms with Gasteiger partial charge in [-0.3, -0.25) is 0 Å². The lowest BCUT2D eigenvalue weighted by atomic mass is 10.2. The van der Waals surface area contributed by atoms with Crippen LogP contribution in [0.1, 0.15) is 5.56 Å². The predicted molar refractivity (Wildman–Crippen MR) is 65.0 cm³/mol. The van der Waals surface area contributed by atoms with Gasteiger partial charge in [0.1, 0.15) is 5.82 Å². The molecule has 1 N–H and O–H groups in total. The van der Waals surface area contributed by atoms with E-state index in [1.165, 1.54) is 12.1 Å². The zero-order chi connectivity index (χ0) is 13.0. The van der Waals surface area contributed by atoms with E-state index in [1.54, 1.807) is 25.2 Å². The third-order valence-corrected chi connectivity index (χ3v) is 2.26. The summed E-state index contributed by atoms with van der Waals surface area (Å²) in [6, 6.07) is 11.0. The molecule has 1 aromatic heterocycles. The number of halogens is 1. The zero-order valence-corrected chi connectivity index (χ0v) is 9.64. The molecule has 0 atom stereocenters. The first-order chi connectivity index (χ1) is 8.72. The molecular weight excluding hydrogens is 233 g/mol. The largest absolute Gasteiger partial charge is 0.436 e. The Bertz CT molecular complexity index is 607. The van der Waals surface area contributed by atoms with E-state index in [4.69, 9.17) is 10.00 Å². The van der Waals surface area contributed by atoms with Crippen LogP contribution >= 0.6 is 0 Å². The zero-order valence-electron chi connectivity index (χ0n) is 9.64. The molecule has 0 aliphatic carbocycles. The SMILES string of the molecule is CNc1cccc(Oc2ccc(C#N)cc2F)n1. The summed E-state index contributed by atoms with van der Waals surface area (Å²) in [6.45, 7) is 0. The number of pyridine rings is 1. The number of nitrogens with zero attached hydrogens (tertiary/aromatic N) is 2. The fourth-order valence-corrected chi connectivity index (χ4v) is 1.38. The number of rotatable bonds is 3. The molecule has 0 aliphatic heterocycles. The molecule has 0 amide bonds. The second kappa shape index (κ2) is 5.15. The first kappa shape index (κ1) is 11.9. The third-order valence-electron chi connectivity index (χ3n) is 2.26. The number of anilines is 1. The Balaban J connectivity index is 2.26. The van der Waals surface area contributed by atoms with Crippen molar-refractivity contribution in [2.45, 2.75) is 0 Å². The molecule has 18 heavy (non-hydrogen) atoms. The van der Waals surface area contributed by atoms with Gasteiger partial charge in [-0.2, -0.15) is 10.2 Å². The summed E-state index contributed by atoms with van der Waals surface area (Å²) in [5.74, 6) is 0.354. The molecule has 0 unspecified atom stereocenters. The van der Waals surface area contributed by atoms with Crippen molar-refractivity contribution >= 4 is 5.82 Å². The highest BCUT2D eigenvalue weighted by Crippen LogP contribution is 2.24. The molecule has 0 aliphatic rings. The predicted octanol–water partition coefficient (Wildman–Crippen LogP) is 2.93. The van der Waals surface area contributed by atoms with E-state index in [0.29, 0.717) is 5.82 Å². The fraction of sp³-hybridized carbons (Fsp3) is 0.0769. The van der Waals surface area contributed by atoms with Gasteiger partial charge >= 0.3 is 0 Å². The maximum Gasteiger partial charge on any atom is 0.221 e. The van der Waals surface area contributed by atoms with Gasteiger partial charge in [0.25, 0.3) is 0 Å². The minimum absolute atomic E-state index is 0.0368. The second-order valence-electron chi connectivity index (χ2n) is 3.47. The average molecular weight is 243 g/mol. The molecular formula is C13H10FN3O. The van der Waals surface area contributed by atoms with Gasteiger partial charge in [0.05, 0.1) is 11.6 Å². The van der Waals surface area contributed by atoms with Gasteiger partial charge in [0.2, 0.25) is 5.88 Å². The molecule has 0 saturated heterocycles. The van der Waals surface area contributed by atoms with Crippen LogP contribution < -0.4 is 10.1 Å². The number of hydrogen-bond donors (Lipinski definition) is 1. The maximum atomic E-state index is 13.6. The van der Waals surface area contributed by atoms with E-state index in [9.17, 15) is 4.39 Å². The highest BCUT2D eigenvalue weighted by Gasteiger charge is 2.07. The molecule has 0 saturated carbocycles. The molecule has 0 bridgehead atoms. The summed E-state index contributed by atoms with van der Waals surface area (Å²) in [5.41, 5.74) is 0.247. The van der Waals surface area contributed by atoms with Crippen LogP contribution in [0.2, 0.25) is 0 Å². The molecule has 2 aromatic rings. The lowest BCUT2D eigenvalue weighted by Crippen LogP contribution is -1.95. The van der Waals surface area contributed by atoms with Crippen LogP contribution in [-0.4, -0.2) is 12.0 Å². The van der Waals surface area contributed by atoms with Crippen molar-refractivity contribution in [3.05, 3.63) is 47.8 Å². The van der Waals surface area contributed by atoms with Crippen molar-refractivity contribution < 1.29 is 9.13 Å². The molecule has 1 aromatic carbocycles. The molecule has 0 radical (unpaired) electrons. The number of nitriles is 1. The summed E-state index contributed by atoms with van der Waals surface area (Å²) in [6.07, 6.45) is 0. The minimum Gasteiger partial charge on any atom is -0.436 e. The first-order valence-electron chi connectivity index (χ1n) is 5.25. The van der Waals surface area contributed by atoms with Crippen molar-refractivity contribution in [2.75, 3.05) is 12.4 Å². The Kier molecular flexibility index (Phi) is 3.39. The molecule has 2 rings (SSSR count). The van der Waals surface area contributed by atoms with Gasteiger partial charge in [0.15, 0.2) is 11.6 Å². The number of hydrogen-bond acceptors (Lipinski definition) is 4. The van der Waals surface area contributed by atoms with Crippen LogP contribution in [0.25, 0.3) is 0 Å². The van der Waals surface area contributed by atoms with Crippen LogP contribution in [0.5, 0.6) is 11.6 Å². The van der Waals surface area contributed by atoms with E-state index in [-0.39, 0.29) is 17.2 Å². The molecule has 90 valence electrons. The Hall–Kier alpha value is -2.61. The molecule has 0 spiro atoms. The van der Waals surface area contributed by atoms with Gasteiger partial charge < -0.3 is 10.1 Å². The normalized spacial score (nSPS) is 9.61. The summed E-state index contributed by atoms with van der Waals surface area (Å²) in [5, 5.41) is 11.5. The Morgan fingerprint density at radius 3 is 2.83 bits per heavy atom. The molecule has 4 nitrogen and oxygen atoms in total. The van der Waals surface area contributed by atoms with Crippen molar-refractivity contribution in [2.24, 2.45) is 0 Å². The van der Waals surface area contributed by atoms with Crippen LogP contribution in [0.15, 0.2) is 36.4 Å². The maximum absolute atomic E-state index is 13.6. The van der Waals surface area contributed by atoms with E-state index in [0.717, 1.165) is 6.07 Å². The topological polar surface area (TPSA) is 57.9 Å². The van der Waals surface area contributed by atoms with Crippen molar-refractivity contribution in [1.82, 2.24) is 4.98 Å². The van der Waals surface area contributed by atoms with Gasteiger partial charge in [0, 0.05) is 13.1 Å². The van der Waals surface area contributed by atoms with Crippen molar-refractivity contribution in [3.63, 3.8) is 0 Å². The van der Waals surface area contributed by atoms with Gasteiger partial charge in [-0.05, 0) is 24.3 Å². The van der Waals surface area contributed by atoms with Gasteiger partial charge in [-0.25, -0.2) is 4.39 Å². The second-order valence-corrected chi connectivity index (χ2v) is 3.47. The number of nitrogens with one attached hydrogen (secondary N) is 1. The lowest BCUT2D eigenvalue weighted by Gasteiger charge is -2.07. The van der Waals surface area contributed by atoms with Crippen LogP contribution in [-0.2, 0) is 0 Å². The number of ether oxygens (including phenoxy) is 1. The Labute approximate surface area is 104 Å². The summed E-state index contributed by atoms with van der Waals surface area (Å²) in [7, 11) is 1.73. The monoisotopic (exact) mass is 243 g/mol. The Morgan fingerprint density at radius 1 is 1.33 bits per heavy atom. The molecule has 5 heteroatoms. The van der Waals surface area contributed by atoms with Crippen molar-refractivity contribution in [3.8, 4) is 17.7 Å². The molecule has 1 heterocycles. The minimum atomic E-state index is -0.592. The lowest BCUT2D eigenvalue weighted by molar-refractivity contribution is 0.428. The first-order valence-corrected chi connectivity index (χ1v) is 5.25. The van der Waals surface area contributed by atoms with Crippen LogP contribution in [0, 0.1) is 17.1 Å². The van der Waals surface area contributed by atoms with E-state index in [2.05, 4.69) is 10.3 Å². The van der Waals surface area contributed by atoms with Gasteiger partial charge in [-0.1, -0.05) is 6.07 Å². The van der Waals surface area contributed by atoms with Gasteiger partial charge in [-0.15, -0.1) is 0 Å². The van der Waals surface area contributed by atoms with E-state index < -0.39 is 5.82 Å². The summed E-state index contributed by atoms with van der Waals surface area (Å²) < 4.78 is 18.9. The van der Waals surface area contributed by atoms with Crippen molar-refractivity contribution in [1.29, 1.82) is 5.26 Å². The van der Waals surface area contributed by atoms with Crippen LogP contribution in [0.3, 0.4) is 0 Å². The highest BCUT2D eigenvalue weighted by molar-refractivity contribution is 5.40. The van der Waals surface area contributed by atoms with Crippen LogP contribution in [0.4, 0.5) is 10.2 Å². The summed E-state index contributed by atoms with van der Waals surface area (Å²) >= 11 is 0. The summed E-state index contributed by atoms with van der Waals surface area (Å²) in [4.78, 5) is 4.11. The Morgan fingerprint density at radius 2 is 2.17 bits per heavy atom.